The number of carbonyl (C=O) groups is 1. The number of hydrogen-bond acceptors (Lipinski definition) is 5. The fourth-order valence-electron chi connectivity index (χ4n) is 2.04. The number of nitrogens with zero attached hydrogens (tertiary/aromatic N) is 2. The molecule has 1 amide bonds. The van der Waals surface area contributed by atoms with Gasteiger partial charge in [-0.25, -0.2) is 9.97 Å². The van der Waals surface area contributed by atoms with Crippen LogP contribution in [0.3, 0.4) is 0 Å². The SMILES string of the molecule is COCCCNc1nccc(C(=O)Nc2cc(C)ccc2C)n1. The van der Waals surface area contributed by atoms with Gasteiger partial charge in [0.15, 0.2) is 0 Å². The summed E-state index contributed by atoms with van der Waals surface area (Å²) in [7, 11) is 1.66. The molecule has 0 aliphatic heterocycles. The summed E-state index contributed by atoms with van der Waals surface area (Å²) in [5.41, 5.74) is 3.23. The molecule has 0 radical (unpaired) electrons. The van der Waals surface area contributed by atoms with Crippen molar-refractivity contribution in [1.82, 2.24) is 9.97 Å². The average Bonchev–Trinajstić information content (AvgIpc) is 2.55. The molecule has 6 heteroatoms. The van der Waals surface area contributed by atoms with E-state index in [-0.39, 0.29) is 5.91 Å². The van der Waals surface area contributed by atoms with Crippen LogP contribution in [0.5, 0.6) is 0 Å². The molecular weight excluding hydrogens is 292 g/mol. The van der Waals surface area contributed by atoms with Gasteiger partial charge in [0, 0.05) is 32.1 Å². The highest BCUT2D eigenvalue weighted by Gasteiger charge is 2.10. The van der Waals surface area contributed by atoms with Crippen molar-refractivity contribution in [2.75, 3.05) is 30.9 Å². The Morgan fingerprint density at radius 2 is 2.09 bits per heavy atom. The standard InChI is InChI=1S/C17H22N4O2/c1-12-5-6-13(2)15(11-12)20-16(22)14-7-9-19-17(21-14)18-8-4-10-23-3/h5-7,9,11H,4,8,10H2,1-3H3,(H,20,22)(H,18,19,21). The number of carbonyl (C=O) groups excluding carboxylic acids is 1. The van der Waals surface area contributed by atoms with Gasteiger partial charge in [-0.15, -0.1) is 0 Å². The third kappa shape index (κ3) is 5.03. The quantitative estimate of drug-likeness (QED) is 0.769. The van der Waals surface area contributed by atoms with Crippen molar-refractivity contribution in [2.24, 2.45) is 0 Å². The van der Waals surface area contributed by atoms with Crippen LogP contribution in [0.25, 0.3) is 0 Å². The smallest absolute Gasteiger partial charge is 0.274 e. The van der Waals surface area contributed by atoms with Crippen LogP contribution in [0, 0.1) is 13.8 Å². The van der Waals surface area contributed by atoms with Crippen molar-refractivity contribution < 1.29 is 9.53 Å². The number of nitrogens with one attached hydrogen (secondary N) is 2. The second-order valence-corrected chi connectivity index (χ2v) is 5.31. The highest BCUT2D eigenvalue weighted by Crippen LogP contribution is 2.17. The van der Waals surface area contributed by atoms with Crippen molar-refractivity contribution in [3.63, 3.8) is 0 Å². The molecule has 0 saturated heterocycles. The zero-order valence-corrected chi connectivity index (χ0v) is 13.7. The zero-order chi connectivity index (χ0) is 16.7. The summed E-state index contributed by atoms with van der Waals surface area (Å²) in [5.74, 6) is 0.191. The van der Waals surface area contributed by atoms with Gasteiger partial charge >= 0.3 is 0 Å². The van der Waals surface area contributed by atoms with E-state index >= 15 is 0 Å². The molecule has 6 nitrogen and oxygen atoms in total. The van der Waals surface area contributed by atoms with Crippen molar-refractivity contribution in [1.29, 1.82) is 0 Å². The second kappa shape index (κ2) is 8.24. The number of aryl methyl sites for hydroxylation is 2. The molecule has 1 aromatic heterocycles. The summed E-state index contributed by atoms with van der Waals surface area (Å²) >= 11 is 0. The summed E-state index contributed by atoms with van der Waals surface area (Å²) in [5, 5.41) is 5.97. The van der Waals surface area contributed by atoms with Crippen molar-refractivity contribution in [3.05, 3.63) is 47.3 Å². The Morgan fingerprint density at radius 3 is 2.87 bits per heavy atom. The van der Waals surface area contributed by atoms with E-state index in [1.165, 1.54) is 0 Å². The molecule has 0 unspecified atom stereocenters. The molecule has 2 aromatic rings. The number of ether oxygens (including phenoxy) is 1. The van der Waals surface area contributed by atoms with E-state index in [1.54, 1.807) is 19.4 Å². The summed E-state index contributed by atoms with van der Waals surface area (Å²) in [6, 6.07) is 7.53. The van der Waals surface area contributed by atoms with Gasteiger partial charge in [-0.2, -0.15) is 0 Å². The largest absolute Gasteiger partial charge is 0.385 e. The first-order valence-corrected chi connectivity index (χ1v) is 7.54. The summed E-state index contributed by atoms with van der Waals surface area (Å²) in [6.45, 7) is 5.30. The molecule has 122 valence electrons. The van der Waals surface area contributed by atoms with Gasteiger partial charge in [-0.05, 0) is 43.5 Å². The minimum Gasteiger partial charge on any atom is -0.385 e. The number of hydrogen-bond donors (Lipinski definition) is 2. The Morgan fingerprint density at radius 1 is 1.26 bits per heavy atom. The molecule has 0 spiro atoms. The molecule has 0 atom stereocenters. The molecule has 0 bridgehead atoms. The average molecular weight is 314 g/mol. The van der Waals surface area contributed by atoms with Crippen molar-refractivity contribution >= 4 is 17.5 Å². The molecule has 1 heterocycles. The Hall–Kier alpha value is -2.47. The molecule has 0 aliphatic carbocycles. The van der Waals surface area contributed by atoms with Gasteiger partial charge in [0.25, 0.3) is 5.91 Å². The van der Waals surface area contributed by atoms with Gasteiger partial charge in [-0.1, -0.05) is 12.1 Å². The summed E-state index contributed by atoms with van der Waals surface area (Å²) < 4.78 is 4.98. The molecule has 0 fully saturated rings. The lowest BCUT2D eigenvalue weighted by atomic mass is 10.1. The van der Waals surface area contributed by atoms with Crippen LogP contribution in [0.2, 0.25) is 0 Å². The molecule has 0 aliphatic rings. The van der Waals surface area contributed by atoms with E-state index in [9.17, 15) is 4.79 Å². The lowest BCUT2D eigenvalue weighted by Gasteiger charge is -2.10. The molecule has 2 N–H and O–H groups in total. The van der Waals surface area contributed by atoms with Crippen LogP contribution in [0.4, 0.5) is 11.6 Å². The lowest BCUT2D eigenvalue weighted by Crippen LogP contribution is -2.16. The molecule has 1 aromatic carbocycles. The Balaban J connectivity index is 2.03. The van der Waals surface area contributed by atoms with Gasteiger partial charge in [0.05, 0.1) is 0 Å². The minimum atomic E-state index is -0.249. The first kappa shape index (κ1) is 16.9. The summed E-state index contributed by atoms with van der Waals surface area (Å²) in [4.78, 5) is 20.7. The highest BCUT2D eigenvalue weighted by atomic mass is 16.5. The maximum atomic E-state index is 12.4. The van der Waals surface area contributed by atoms with E-state index in [0.717, 1.165) is 23.2 Å². The van der Waals surface area contributed by atoms with E-state index < -0.39 is 0 Å². The summed E-state index contributed by atoms with van der Waals surface area (Å²) in [6.07, 6.45) is 2.42. The maximum Gasteiger partial charge on any atom is 0.274 e. The molecule has 23 heavy (non-hydrogen) atoms. The number of benzene rings is 1. The number of amides is 1. The van der Waals surface area contributed by atoms with E-state index in [2.05, 4.69) is 20.6 Å². The number of anilines is 2. The molecule has 2 rings (SSSR count). The maximum absolute atomic E-state index is 12.4. The Bertz CT molecular complexity index is 673. The molecular formula is C17H22N4O2. The third-order valence-electron chi connectivity index (χ3n) is 3.34. The Kier molecular flexibility index (Phi) is 6.05. The van der Waals surface area contributed by atoms with Crippen molar-refractivity contribution in [2.45, 2.75) is 20.3 Å². The third-order valence-corrected chi connectivity index (χ3v) is 3.34. The van der Waals surface area contributed by atoms with E-state index in [0.29, 0.717) is 24.8 Å². The van der Waals surface area contributed by atoms with Crippen LogP contribution in [-0.4, -0.2) is 36.1 Å². The number of methoxy groups -OCH3 is 1. The zero-order valence-electron chi connectivity index (χ0n) is 13.7. The van der Waals surface area contributed by atoms with Gasteiger partial charge in [0.1, 0.15) is 5.69 Å². The van der Waals surface area contributed by atoms with Crippen LogP contribution >= 0.6 is 0 Å². The Labute approximate surface area is 136 Å². The van der Waals surface area contributed by atoms with Gasteiger partial charge in [-0.3, -0.25) is 4.79 Å². The van der Waals surface area contributed by atoms with E-state index in [1.807, 2.05) is 32.0 Å². The topological polar surface area (TPSA) is 76.1 Å². The van der Waals surface area contributed by atoms with Crippen LogP contribution in [0.1, 0.15) is 28.0 Å². The van der Waals surface area contributed by atoms with Crippen LogP contribution in [-0.2, 0) is 4.74 Å². The first-order chi connectivity index (χ1) is 11.1. The highest BCUT2D eigenvalue weighted by molar-refractivity contribution is 6.03. The predicted octanol–water partition coefficient (Wildman–Crippen LogP) is 2.79. The fourth-order valence-corrected chi connectivity index (χ4v) is 2.04. The van der Waals surface area contributed by atoms with Crippen molar-refractivity contribution in [3.8, 4) is 0 Å². The van der Waals surface area contributed by atoms with Gasteiger partial charge < -0.3 is 15.4 Å². The number of rotatable bonds is 7. The van der Waals surface area contributed by atoms with Crippen LogP contribution < -0.4 is 10.6 Å². The van der Waals surface area contributed by atoms with Crippen LogP contribution in [0.15, 0.2) is 30.5 Å². The van der Waals surface area contributed by atoms with E-state index in [4.69, 9.17) is 4.74 Å². The fraction of sp³-hybridized carbons (Fsp3) is 0.353. The second-order valence-electron chi connectivity index (χ2n) is 5.31. The normalized spacial score (nSPS) is 10.4. The monoisotopic (exact) mass is 314 g/mol. The number of aromatic nitrogens is 2. The first-order valence-electron chi connectivity index (χ1n) is 7.54. The lowest BCUT2D eigenvalue weighted by molar-refractivity contribution is 0.102. The minimum absolute atomic E-state index is 0.249. The van der Waals surface area contributed by atoms with Gasteiger partial charge in [0.2, 0.25) is 5.95 Å². The molecule has 0 saturated carbocycles. The predicted molar refractivity (Wildman–Crippen MR) is 90.9 cm³/mol.